The van der Waals surface area contributed by atoms with Crippen molar-refractivity contribution >= 4 is 33.4 Å². The molecule has 1 heterocycles. The van der Waals surface area contributed by atoms with Crippen molar-refractivity contribution in [1.29, 1.82) is 0 Å². The highest BCUT2D eigenvalue weighted by molar-refractivity contribution is 9.10. The van der Waals surface area contributed by atoms with Gasteiger partial charge in [0.15, 0.2) is 0 Å². The predicted molar refractivity (Wildman–Crippen MR) is 92.4 cm³/mol. The van der Waals surface area contributed by atoms with E-state index in [9.17, 15) is 9.59 Å². The van der Waals surface area contributed by atoms with Crippen LogP contribution in [0, 0.1) is 6.92 Å². The van der Waals surface area contributed by atoms with Crippen LogP contribution in [0.3, 0.4) is 0 Å². The molecule has 3 N–H and O–H groups in total. The number of hydrogen-bond donors (Lipinski definition) is 3. The summed E-state index contributed by atoms with van der Waals surface area (Å²) in [6.07, 6.45) is 1.81. The number of nitrogens with zero attached hydrogens (tertiary/aromatic N) is 1. The first-order valence-corrected chi connectivity index (χ1v) is 8.17. The number of aryl methyl sites for hydroxylation is 2. The van der Waals surface area contributed by atoms with E-state index in [1.807, 2.05) is 25.1 Å². The summed E-state index contributed by atoms with van der Waals surface area (Å²) in [6, 6.07) is 7.27. The molecule has 1 aromatic carbocycles. The predicted octanol–water partition coefficient (Wildman–Crippen LogP) is 2.80. The number of carbonyl (C=O) groups excluding carboxylic acids is 2. The molecule has 0 atom stereocenters. The van der Waals surface area contributed by atoms with Crippen molar-refractivity contribution in [3.05, 3.63) is 45.7 Å². The Bertz CT molecular complexity index is 712. The Morgan fingerprint density at radius 3 is 2.78 bits per heavy atom. The van der Waals surface area contributed by atoms with Gasteiger partial charge in [-0.1, -0.05) is 29.3 Å². The van der Waals surface area contributed by atoms with Crippen LogP contribution in [-0.4, -0.2) is 28.6 Å². The summed E-state index contributed by atoms with van der Waals surface area (Å²) in [5.41, 5.74) is 2.86. The average Bonchev–Trinajstić information content (AvgIpc) is 2.97. The molecule has 6 nitrogen and oxygen atoms in total. The number of amides is 2. The van der Waals surface area contributed by atoms with Crippen LogP contribution in [0.25, 0.3) is 0 Å². The molecule has 0 aliphatic heterocycles. The lowest BCUT2D eigenvalue weighted by Crippen LogP contribution is -2.33. The van der Waals surface area contributed by atoms with Crippen molar-refractivity contribution in [2.75, 3.05) is 11.9 Å². The van der Waals surface area contributed by atoms with Crippen molar-refractivity contribution in [3.63, 3.8) is 0 Å². The van der Waals surface area contributed by atoms with Crippen molar-refractivity contribution in [3.8, 4) is 0 Å². The summed E-state index contributed by atoms with van der Waals surface area (Å²) in [5, 5.41) is 12.1. The first kappa shape index (κ1) is 17.2. The van der Waals surface area contributed by atoms with Crippen molar-refractivity contribution in [2.24, 2.45) is 0 Å². The fourth-order valence-corrected chi connectivity index (χ4v) is 2.56. The van der Waals surface area contributed by atoms with Gasteiger partial charge in [0, 0.05) is 15.9 Å². The van der Waals surface area contributed by atoms with Crippen molar-refractivity contribution < 1.29 is 9.59 Å². The molecule has 1 aromatic heterocycles. The first-order valence-electron chi connectivity index (χ1n) is 7.38. The molecule has 0 fully saturated rings. The third-order valence-electron chi connectivity index (χ3n) is 3.25. The maximum Gasteiger partial charge on any atom is 0.272 e. The Hall–Kier alpha value is -2.15. The maximum atomic E-state index is 12.0. The van der Waals surface area contributed by atoms with Gasteiger partial charge in [-0.05, 0) is 43.2 Å². The zero-order valence-electron chi connectivity index (χ0n) is 13.1. The molecule has 0 aliphatic rings. The summed E-state index contributed by atoms with van der Waals surface area (Å²) in [7, 11) is 0. The second-order valence-electron chi connectivity index (χ2n) is 5.22. The minimum absolute atomic E-state index is 0.107. The molecule has 0 spiro atoms. The molecule has 23 heavy (non-hydrogen) atoms. The highest BCUT2D eigenvalue weighted by atomic mass is 79.9. The average molecular weight is 379 g/mol. The third-order valence-corrected chi connectivity index (χ3v) is 3.75. The van der Waals surface area contributed by atoms with Gasteiger partial charge in [-0.25, -0.2) is 0 Å². The van der Waals surface area contributed by atoms with Crippen LogP contribution in [0.1, 0.15) is 35.1 Å². The fraction of sp³-hybridized carbons (Fsp3) is 0.312. The summed E-state index contributed by atoms with van der Waals surface area (Å²) in [5.74, 6) is -0.653. The van der Waals surface area contributed by atoms with E-state index in [0.717, 1.165) is 34.3 Å². The molecule has 2 amide bonds. The number of benzene rings is 1. The number of rotatable bonds is 6. The van der Waals surface area contributed by atoms with Crippen LogP contribution in [0.4, 0.5) is 5.69 Å². The van der Waals surface area contributed by atoms with Crippen LogP contribution < -0.4 is 10.6 Å². The summed E-state index contributed by atoms with van der Waals surface area (Å²) in [6.45, 7) is 3.84. The molecule has 2 rings (SSSR count). The monoisotopic (exact) mass is 378 g/mol. The zero-order valence-corrected chi connectivity index (χ0v) is 14.7. The Balaban J connectivity index is 1.86. The smallest absolute Gasteiger partial charge is 0.272 e. The molecular weight excluding hydrogens is 360 g/mol. The van der Waals surface area contributed by atoms with E-state index in [4.69, 9.17) is 0 Å². The number of anilines is 1. The molecule has 0 aliphatic carbocycles. The quantitative estimate of drug-likeness (QED) is 0.721. The van der Waals surface area contributed by atoms with Gasteiger partial charge in [0.25, 0.3) is 5.91 Å². The molecule has 0 bridgehead atoms. The van der Waals surface area contributed by atoms with E-state index in [-0.39, 0.29) is 18.4 Å². The normalized spacial score (nSPS) is 10.4. The third kappa shape index (κ3) is 4.92. The van der Waals surface area contributed by atoms with Gasteiger partial charge in [0.2, 0.25) is 5.91 Å². The zero-order chi connectivity index (χ0) is 16.8. The maximum absolute atomic E-state index is 12.0. The van der Waals surface area contributed by atoms with E-state index in [1.165, 1.54) is 0 Å². The highest BCUT2D eigenvalue weighted by Gasteiger charge is 2.12. The molecule has 0 unspecified atom stereocenters. The number of aromatic amines is 1. The van der Waals surface area contributed by atoms with Gasteiger partial charge >= 0.3 is 0 Å². The molecule has 122 valence electrons. The Kier molecular flexibility index (Phi) is 5.92. The van der Waals surface area contributed by atoms with Gasteiger partial charge in [0.05, 0.1) is 6.54 Å². The number of H-pyrrole nitrogens is 1. The second kappa shape index (κ2) is 7.92. The number of hydrogen-bond acceptors (Lipinski definition) is 3. The highest BCUT2D eigenvalue weighted by Crippen LogP contribution is 2.19. The summed E-state index contributed by atoms with van der Waals surface area (Å²) >= 11 is 3.37. The Morgan fingerprint density at radius 2 is 2.09 bits per heavy atom. The van der Waals surface area contributed by atoms with Crippen LogP contribution in [-0.2, 0) is 11.2 Å². The molecule has 0 saturated carbocycles. The molecule has 0 radical (unpaired) electrons. The molecular formula is C16H19BrN4O2. The number of carbonyl (C=O) groups is 2. The van der Waals surface area contributed by atoms with Gasteiger partial charge in [-0.2, -0.15) is 5.10 Å². The lowest BCUT2D eigenvalue weighted by molar-refractivity contribution is -0.115. The summed E-state index contributed by atoms with van der Waals surface area (Å²) in [4.78, 5) is 23.9. The SMILES string of the molecule is CCCc1cc(C(=O)NCC(=O)Nc2ccc(Br)cc2C)n[nH]1. The van der Waals surface area contributed by atoms with Crippen molar-refractivity contribution in [2.45, 2.75) is 26.7 Å². The summed E-state index contributed by atoms with van der Waals surface area (Å²) < 4.78 is 0.947. The lowest BCUT2D eigenvalue weighted by Gasteiger charge is -2.09. The molecule has 0 saturated heterocycles. The Labute approximate surface area is 143 Å². The van der Waals surface area contributed by atoms with Gasteiger partial charge < -0.3 is 10.6 Å². The standard InChI is InChI=1S/C16H19BrN4O2/c1-3-4-12-8-14(21-20-12)16(23)18-9-15(22)19-13-6-5-11(17)7-10(13)2/h5-8H,3-4,9H2,1-2H3,(H,18,23)(H,19,22)(H,20,21). The van der Waals surface area contributed by atoms with Gasteiger partial charge in [-0.3, -0.25) is 14.7 Å². The Morgan fingerprint density at radius 1 is 1.30 bits per heavy atom. The second-order valence-corrected chi connectivity index (χ2v) is 6.13. The van der Waals surface area contributed by atoms with Crippen LogP contribution in [0.2, 0.25) is 0 Å². The van der Waals surface area contributed by atoms with E-state index in [2.05, 4.69) is 43.7 Å². The topological polar surface area (TPSA) is 86.9 Å². The molecule has 7 heteroatoms. The first-order chi connectivity index (χ1) is 11.0. The lowest BCUT2D eigenvalue weighted by atomic mass is 10.2. The van der Waals surface area contributed by atoms with E-state index < -0.39 is 0 Å². The number of nitrogens with one attached hydrogen (secondary N) is 3. The van der Waals surface area contributed by atoms with E-state index in [0.29, 0.717) is 5.69 Å². The van der Waals surface area contributed by atoms with E-state index >= 15 is 0 Å². The van der Waals surface area contributed by atoms with Crippen LogP contribution >= 0.6 is 15.9 Å². The van der Waals surface area contributed by atoms with Crippen LogP contribution in [0.15, 0.2) is 28.7 Å². The molecule has 2 aromatic rings. The fourth-order valence-electron chi connectivity index (χ4n) is 2.09. The minimum atomic E-state index is -0.369. The van der Waals surface area contributed by atoms with Gasteiger partial charge in [-0.15, -0.1) is 0 Å². The number of halogens is 1. The van der Waals surface area contributed by atoms with E-state index in [1.54, 1.807) is 6.07 Å². The van der Waals surface area contributed by atoms with Gasteiger partial charge in [0.1, 0.15) is 5.69 Å². The minimum Gasteiger partial charge on any atom is -0.342 e. The van der Waals surface area contributed by atoms with Crippen LogP contribution in [0.5, 0.6) is 0 Å². The largest absolute Gasteiger partial charge is 0.342 e. The van der Waals surface area contributed by atoms with Crippen molar-refractivity contribution in [1.82, 2.24) is 15.5 Å². The number of aromatic nitrogens is 2.